The zero-order chi connectivity index (χ0) is 20.6. The highest BCUT2D eigenvalue weighted by atomic mass is 16.4. The highest BCUT2D eigenvalue weighted by molar-refractivity contribution is 5.93. The monoisotopic (exact) mass is 387 g/mol. The van der Waals surface area contributed by atoms with E-state index in [0.717, 1.165) is 15.8 Å². The highest BCUT2D eigenvalue weighted by Crippen LogP contribution is 2.04. The average molecular weight is 387 g/mol. The van der Waals surface area contributed by atoms with Crippen molar-refractivity contribution in [3.05, 3.63) is 99.5 Å². The lowest BCUT2D eigenvalue weighted by atomic mass is 10.1. The number of hydrogen-bond acceptors (Lipinski definition) is 4. The van der Waals surface area contributed by atoms with Gasteiger partial charge in [-0.05, 0) is 29.3 Å². The van der Waals surface area contributed by atoms with Crippen LogP contribution >= 0.6 is 0 Å². The lowest BCUT2D eigenvalue weighted by Gasteiger charge is -2.05. The number of carbonyl (C=O) groups is 2. The maximum Gasteiger partial charge on any atom is 0.335 e. The molecule has 3 rings (SSSR count). The van der Waals surface area contributed by atoms with Crippen LogP contribution in [0.4, 0.5) is 0 Å². The molecule has 0 atom stereocenters. The predicted molar refractivity (Wildman–Crippen MR) is 106 cm³/mol. The van der Waals surface area contributed by atoms with Crippen molar-refractivity contribution >= 4 is 11.9 Å². The van der Waals surface area contributed by atoms with E-state index < -0.39 is 17.4 Å². The summed E-state index contributed by atoms with van der Waals surface area (Å²) in [6.07, 6.45) is 1.65. The van der Waals surface area contributed by atoms with Crippen molar-refractivity contribution in [1.82, 2.24) is 15.1 Å². The Kier molecular flexibility index (Phi) is 6.18. The van der Waals surface area contributed by atoms with E-state index in [4.69, 9.17) is 5.11 Å². The Morgan fingerprint density at radius 3 is 2.41 bits per heavy atom. The van der Waals surface area contributed by atoms with Gasteiger partial charge in [0.1, 0.15) is 5.56 Å². The van der Waals surface area contributed by atoms with Gasteiger partial charge in [0.2, 0.25) is 0 Å². The van der Waals surface area contributed by atoms with Crippen LogP contribution in [0.2, 0.25) is 0 Å². The molecule has 1 amide bonds. The summed E-state index contributed by atoms with van der Waals surface area (Å²) in [6.45, 7) is 0.305. The summed E-state index contributed by atoms with van der Waals surface area (Å²) < 4.78 is 0.920. The second-order valence-electron chi connectivity index (χ2n) is 6.10. The maximum atomic E-state index is 12.5. The molecule has 7 heteroatoms. The van der Waals surface area contributed by atoms with Crippen molar-refractivity contribution < 1.29 is 14.7 Å². The first-order valence-corrected chi connectivity index (χ1v) is 8.76. The number of amides is 1. The Morgan fingerprint density at radius 1 is 1.00 bits per heavy atom. The van der Waals surface area contributed by atoms with E-state index in [9.17, 15) is 14.4 Å². The molecule has 0 saturated carbocycles. The summed E-state index contributed by atoms with van der Waals surface area (Å²) in [5.41, 5.74) is 1.26. The summed E-state index contributed by atoms with van der Waals surface area (Å²) >= 11 is 0. The fourth-order valence-corrected chi connectivity index (χ4v) is 2.52. The lowest BCUT2D eigenvalue weighted by molar-refractivity contribution is 0.0696. The van der Waals surface area contributed by atoms with Gasteiger partial charge in [0.25, 0.3) is 11.5 Å². The van der Waals surface area contributed by atoms with Crippen molar-refractivity contribution in [1.29, 1.82) is 0 Å². The van der Waals surface area contributed by atoms with E-state index >= 15 is 0 Å². The molecule has 0 fully saturated rings. The SMILES string of the molecule is O=C(O)c1ccc(CC#Cn2nccc(C(=O)NCc3ccccc3)c2=O)cc1. The molecular weight excluding hydrogens is 370 g/mol. The molecule has 0 radical (unpaired) electrons. The maximum absolute atomic E-state index is 12.5. The molecule has 0 unspecified atom stereocenters. The molecule has 144 valence electrons. The zero-order valence-electron chi connectivity index (χ0n) is 15.3. The molecule has 2 N–H and O–H groups in total. The first-order chi connectivity index (χ1) is 14.0. The van der Waals surface area contributed by atoms with Gasteiger partial charge < -0.3 is 10.4 Å². The molecule has 0 spiro atoms. The Hall–Kier alpha value is -4.18. The molecule has 0 aliphatic carbocycles. The van der Waals surface area contributed by atoms with Gasteiger partial charge in [-0.1, -0.05) is 48.4 Å². The molecule has 3 aromatic rings. The van der Waals surface area contributed by atoms with Gasteiger partial charge in [-0.15, -0.1) is 0 Å². The second kappa shape index (κ2) is 9.15. The minimum absolute atomic E-state index is 0.0453. The van der Waals surface area contributed by atoms with Gasteiger partial charge in [-0.25, -0.2) is 4.79 Å². The van der Waals surface area contributed by atoms with E-state index in [2.05, 4.69) is 22.4 Å². The van der Waals surface area contributed by atoms with Crippen molar-refractivity contribution in [3.8, 4) is 12.0 Å². The van der Waals surface area contributed by atoms with Crippen LogP contribution in [-0.2, 0) is 13.0 Å². The zero-order valence-corrected chi connectivity index (χ0v) is 15.3. The molecule has 0 bridgehead atoms. The number of carbonyl (C=O) groups excluding carboxylic acids is 1. The number of carboxylic acids is 1. The molecule has 0 saturated heterocycles. The summed E-state index contributed by atoms with van der Waals surface area (Å²) in [7, 11) is 0. The van der Waals surface area contributed by atoms with Gasteiger partial charge in [-0.2, -0.15) is 9.78 Å². The summed E-state index contributed by atoms with van der Waals surface area (Å²) in [6, 6.07) is 19.6. The van der Waals surface area contributed by atoms with Gasteiger partial charge in [-0.3, -0.25) is 9.59 Å². The van der Waals surface area contributed by atoms with Crippen LogP contribution in [0, 0.1) is 12.0 Å². The third-order valence-corrected chi connectivity index (χ3v) is 4.06. The highest BCUT2D eigenvalue weighted by Gasteiger charge is 2.12. The standard InChI is InChI=1S/C22H17N3O4/c26-20(23-15-17-5-2-1-3-6-17)19-12-13-24-25(21(19)27)14-4-7-16-8-10-18(11-9-16)22(28)29/h1-3,5-6,8-13H,7,15H2,(H,23,26)(H,28,29). The first-order valence-electron chi connectivity index (χ1n) is 8.76. The first kappa shape index (κ1) is 19.6. The number of nitrogens with zero attached hydrogens (tertiary/aromatic N) is 2. The smallest absolute Gasteiger partial charge is 0.335 e. The van der Waals surface area contributed by atoms with E-state index in [0.29, 0.717) is 13.0 Å². The Labute approximate surface area is 166 Å². The minimum Gasteiger partial charge on any atom is -0.478 e. The summed E-state index contributed by atoms with van der Waals surface area (Å²) in [4.78, 5) is 35.6. The van der Waals surface area contributed by atoms with Crippen molar-refractivity contribution in [3.63, 3.8) is 0 Å². The number of aromatic nitrogens is 2. The molecule has 2 aromatic carbocycles. The van der Waals surface area contributed by atoms with Crippen molar-refractivity contribution in [2.24, 2.45) is 0 Å². The van der Waals surface area contributed by atoms with Crippen LogP contribution in [-0.4, -0.2) is 26.8 Å². The van der Waals surface area contributed by atoms with Gasteiger partial charge in [0, 0.05) is 25.2 Å². The Balaban J connectivity index is 1.68. The van der Waals surface area contributed by atoms with Crippen LogP contribution in [0.1, 0.15) is 31.8 Å². The molecular formula is C22H17N3O4. The average Bonchev–Trinajstić information content (AvgIpc) is 2.74. The number of nitrogens with one attached hydrogen (secondary N) is 1. The Morgan fingerprint density at radius 2 is 1.72 bits per heavy atom. The number of benzene rings is 2. The quantitative estimate of drug-likeness (QED) is 0.652. The van der Waals surface area contributed by atoms with E-state index in [1.54, 1.807) is 12.1 Å². The van der Waals surface area contributed by atoms with Crippen LogP contribution in [0.3, 0.4) is 0 Å². The van der Waals surface area contributed by atoms with E-state index in [1.807, 2.05) is 30.3 Å². The number of carboxylic acid groups (broad SMARTS) is 1. The fourth-order valence-electron chi connectivity index (χ4n) is 2.52. The van der Waals surface area contributed by atoms with Crippen molar-refractivity contribution in [2.75, 3.05) is 0 Å². The van der Waals surface area contributed by atoms with Crippen LogP contribution in [0.15, 0.2) is 71.7 Å². The summed E-state index contributed by atoms with van der Waals surface area (Å²) in [5.74, 6) is 1.30. The van der Waals surface area contributed by atoms with Gasteiger partial charge in [0.05, 0.1) is 5.56 Å². The second-order valence-corrected chi connectivity index (χ2v) is 6.10. The largest absolute Gasteiger partial charge is 0.478 e. The molecule has 0 aliphatic heterocycles. The number of hydrogen-bond donors (Lipinski definition) is 2. The molecule has 0 aliphatic rings. The van der Waals surface area contributed by atoms with Gasteiger partial charge >= 0.3 is 5.97 Å². The molecule has 29 heavy (non-hydrogen) atoms. The molecule has 1 aromatic heterocycles. The lowest BCUT2D eigenvalue weighted by Crippen LogP contribution is -2.32. The number of rotatable bonds is 5. The third kappa shape index (κ3) is 5.17. The van der Waals surface area contributed by atoms with Crippen molar-refractivity contribution in [2.45, 2.75) is 13.0 Å². The van der Waals surface area contributed by atoms with E-state index in [-0.39, 0.29) is 11.1 Å². The normalized spacial score (nSPS) is 9.93. The van der Waals surface area contributed by atoms with Crippen LogP contribution in [0.25, 0.3) is 0 Å². The van der Waals surface area contributed by atoms with Crippen LogP contribution in [0.5, 0.6) is 0 Å². The topological polar surface area (TPSA) is 101 Å². The predicted octanol–water partition coefficient (Wildman–Crippen LogP) is 1.92. The third-order valence-electron chi connectivity index (χ3n) is 4.06. The van der Waals surface area contributed by atoms with Gasteiger partial charge in [0.15, 0.2) is 0 Å². The molecule has 7 nitrogen and oxygen atoms in total. The number of aromatic carboxylic acids is 1. The fraction of sp³-hybridized carbons (Fsp3) is 0.0909. The Bertz CT molecular complexity index is 1140. The summed E-state index contributed by atoms with van der Waals surface area (Å²) in [5, 5.41) is 15.5. The van der Waals surface area contributed by atoms with Crippen LogP contribution < -0.4 is 10.9 Å². The molecule has 1 heterocycles. The van der Waals surface area contributed by atoms with E-state index in [1.165, 1.54) is 24.4 Å². The minimum atomic E-state index is -0.999.